The van der Waals surface area contributed by atoms with Gasteiger partial charge in [-0.1, -0.05) is 12.1 Å². The fourth-order valence-electron chi connectivity index (χ4n) is 2.47. The molecule has 0 fully saturated rings. The molecule has 24 heavy (non-hydrogen) atoms. The van der Waals surface area contributed by atoms with Crippen LogP contribution in [0.25, 0.3) is 10.9 Å². The summed E-state index contributed by atoms with van der Waals surface area (Å²) in [4.78, 5) is 16.6. The van der Waals surface area contributed by atoms with Crippen molar-refractivity contribution >= 4 is 16.6 Å². The highest BCUT2D eigenvalue weighted by Crippen LogP contribution is 2.14. The van der Waals surface area contributed by atoms with E-state index in [2.05, 4.69) is 10.3 Å². The highest BCUT2D eigenvalue weighted by atomic mass is 16.5. The largest absolute Gasteiger partial charge is 0.497 e. The summed E-state index contributed by atoms with van der Waals surface area (Å²) in [5.41, 5.74) is 1.38. The van der Waals surface area contributed by atoms with Gasteiger partial charge in [-0.05, 0) is 36.4 Å². The Kier molecular flexibility index (Phi) is 4.77. The molecule has 0 spiro atoms. The predicted molar refractivity (Wildman–Crippen MR) is 93.5 cm³/mol. The number of benzene rings is 2. The number of hydrogen-bond acceptors (Lipinski definition) is 5. The number of fused-ring (bicyclic) bond motifs is 1. The Morgan fingerprint density at radius 2 is 1.96 bits per heavy atom. The normalized spacial score (nSPS) is 12.1. The number of nitrogens with one attached hydrogen (secondary N) is 1. The Balaban J connectivity index is 1.65. The minimum Gasteiger partial charge on any atom is -0.497 e. The number of ether oxygens (including phenoxy) is 1. The summed E-state index contributed by atoms with van der Waals surface area (Å²) in [5, 5.41) is 13.9. The van der Waals surface area contributed by atoms with Crippen LogP contribution < -0.4 is 15.6 Å². The van der Waals surface area contributed by atoms with Gasteiger partial charge in [0.1, 0.15) is 5.75 Å². The number of rotatable bonds is 6. The molecule has 124 valence electrons. The van der Waals surface area contributed by atoms with Gasteiger partial charge in [0, 0.05) is 12.2 Å². The van der Waals surface area contributed by atoms with Gasteiger partial charge in [-0.15, -0.1) is 0 Å². The smallest absolute Gasteiger partial charge is 0.261 e. The highest BCUT2D eigenvalue weighted by Gasteiger charge is 2.09. The Morgan fingerprint density at radius 1 is 1.21 bits per heavy atom. The average molecular weight is 325 g/mol. The van der Waals surface area contributed by atoms with E-state index in [4.69, 9.17) is 4.74 Å². The second-order valence-corrected chi connectivity index (χ2v) is 5.48. The van der Waals surface area contributed by atoms with Gasteiger partial charge in [0.05, 0.1) is 37.0 Å². The SMILES string of the molecule is COc1ccc(NC[C@H](O)Cn2cnc3ccccc3c2=O)cc1. The van der Waals surface area contributed by atoms with Crippen molar-refractivity contribution in [1.82, 2.24) is 9.55 Å². The van der Waals surface area contributed by atoms with Crippen LogP contribution in [0, 0.1) is 0 Å². The van der Waals surface area contributed by atoms with E-state index >= 15 is 0 Å². The van der Waals surface area contributed by atoms with Crippen molar-refractivity contribution in [1.29, 1.82) is 0 Å². The van der Waals surface area contributed by atoms with E-state index in [9.17, 15) is 9.90 Å². The lowest BCUT2D eigenvalue weighted by Gasteiger charge is -2.14. The number of aromatic nitrogens is 2. The van der Waals surface area contributed by atoms with Crippen molar-refractivity contribution in [3.8, 4) is 5.75 Å². The summed E-state index contributed by atoms with van der Waals surface area (Å²) < 4.78 is 6.53. The third-order valence-corrected chi connectivity index (χ3v) is 3.77. The third kappa shape index (κ3) is 3.55. The zero-order valence-corrected chi connectivity index (χ0v) is 13.3. The lowest BCUT2D eigenvalue weighted by molar-refractivity contribution is 0.165. The number of nitrogens with zero attached hydrogens (tertiary/aromatic N) is 2. The van der Waals surface area contributed by atoms with Gasteiger partial charge < -0.3 is 15.2 Å². The molecule has 0 aliphatic heterocycles. The standard InChI is InChI=1S/C18H19N3O3/c1-24-15-8-6-13(7-9-15)19-10-14(22)11-21-12-20-17-5-3-2-4-16(17)18(21)23/h2-9,12,14,19,22H,10-11H2,1H3/t14-/m0/s1. The number of anilines is 1. The first kappa shape index (κ1) is 16.0. The number of methoxy groups -OCH3 is 1. The van der Waals surface area contributed by atoms with Crippen molar-refractivity contribution in [3.63, 3.8) is 0 Å². The van der Waals surface area contributed by atoms with Gasteiger partial charge in [0.25, 0.3) is 5.56 Å². The molecule has 0 amide bonds. The lowest BCUT2D eigenvalue weighted by Crippen LogP contribution is -2.31. The van der Waals surface area contributed by atoms with Crippen molar-refractivity contribution in [2.75, 3.05) is 19.0 Å². The summed E-state index contributed by atoms with van der Waals surface area (Å²) in [6.45, 7) is 0.505. The van der Waals surface area contributed by atoms with E-state index in [0.717, 1.165) is 11.4 Å². The molecule has 0 aliphatic rings. The molecule has 0 radical (unpaired) electrons. The molecule has 0 saturated heterocycles. The van der Waals surface area contributed by atoms with E-state index in [1.807, 2.05) is 30.3 Å². The third-order valence-electron chi connectivity index (χ3n) is 3.77. The molecule has 2 aromatic carbocycles. The molecular weight excluding hydrogens is 306 g/mol. The molecule has 0 aliphatic carbocycles. The zero-order valence-electron chi connectivity index (χ0n) is 13.3. The van der Waals surface area contributed by atoms with Gasteiger partial charge in [0.2, 0.25) is 0 Å². The van der Waals surface area contributed by atoms with Crippen LogP contribution in [0.3, 0.4) is 0 Å². The number of para-hydroxylation sites is 1. The van der Waals surface area contributed by atoms with E-state index < -0.39 is 6.10 Å². The van der Waals surface area contributed by atoms with Crippen LogP contribution in [0.1, 0.15) is 0 Å². The van der Waals surface area contributed by atoms with Gasteiger partial charge >= 0.3 is 0 Å². The highest BCUT2D eigenvalue weighted by molar-refractivity contribution is 5.76. The van der Waals surface area contributed by atoms with Crippen molar-refractivity contribution < 1.29 is 9.84 Å². The molecule has 1 aromatic heterocycles. The molecule has 0 unspecified atom stereocenters. The van der Waals surface area contributed by atoms with Gasteiger partial charge in [-0.25, -0.2) is 4.98 Å². The summed E-state index contributed by atoms with van der Waals surface area (Å²) in [7, 11) is 1.61. The molecule has 3 aromatic rings. The van der Waals surface area contributed by atoms with E-state index in [1.54, 1.807) is 25.3 Å². The molecule has 3 rings (SSSR count). The molecule has 6 heteroatoms. The summed E-state index contributed by atoms with van der Waals surface area (Å²) in [6.07, 6.45) is 0.758. The van der Waals surface area contributed by atoms with E-state index in [0.29, 0.717) is 17.4 Å². The summed E-state index contributed by atoms with van der Waals surface area (Å²) in [5.74, 6) is 0.773. The van der Waals surface area contributed by atoms with E-state index in [1.165, 1.54) is 10.9 Å². The number of hydrogen-bond donors (Lipinski definition) is 2. The second kappa shape index (κ2) is 7.14. The Morgan fingerprint density at radius 3 is 2.71 bits per heavy atom. The van der Waals surface area contributed by atoms with Crippen LogP contribution in [0.2, 0.25) is 0 Å². The quantitative estimate of drug-likeness (QED) is 0.724. The first-order chi connectivity index (χ1) is 11.7. The summed E-state index contributed by atoms with van der Waals surface area (Å²) >= 11 is 0. The van der Waals surface area contributed by atoms with Crippen molar-refractivity contribution in [2.45, 2.75) is 12.6 Å². The van der Waals surface area contributed by atoms with Gasteiger partial charge in [-0.2, -0.15) is 0 Å². The van der Waals surface area contributed by atoms with Crippen LogP contribution in [-0.2, 0) is 6.54 Å². The molecular formula is C18H19N3O3. The lowest BCUT2D eigenvalue weighted by atomic mass is 10.2. The average Bonchev–Trinajstić information content (AvgIpc) is 2.63. The van der Waals surface area contributed by atoms with Gasteiger partial charge in [0.15, 0.2) is 0 Å². The Hall–Kier alpha value is -2.86. The molecule has 1 atom stereocenters. The maximum atomic E-state index is 12.4. The fraction of sp³-hybridized carbons (Fsp3) is 0.222. The Labute approximate surface area is 139 Å². The van der Waals surface area contributed by atoms with Crippen LogP contribution in [0.5, 0.6) is 5.75 Å². The van der Waals surface area contributed by atoms with Crippen molar-refractivity contribution in [2.24, 2.45) is 0 Å². The minimum absolute atomic E-state index is 0.149. The number of aliphatic hydroxyl groups excluding tert-OH is 1. The predicted octanol–water partition coefficient (Wildman–Crippen LogP) is 1.88. The van der Waals surface area contributed by atoms with Crippen LogP contribution >= 0.6 is 0 Å². The molecule has 0 bridgehead atoms. The fourth-order valence-corrected chi connectivity index (χ4v) is 2.47. The second-order valence-electron chi connectivity index (χ2n) is 5.48. The van der Waals surface area contributed by atoms with Crippen molar-refractivity contribution in [3.05, 3.63) is 65.2 Å². The van der Waals surface area contributed by atoms with Crippen LogP contribution in [0.4, 0.5) is 5.69 Å². The summed E-state index contributed by atoms with van der Waals surface area (Å²) in [6, 6.07) is 14.6. The zero-order chi connectivity index (χ0) is 16.9. The monoisotopic (exact) mass is 325 g/mol. The molecule has 1 heterocycles. The molecule has 0 saturated carbocycles. The minimum atomic E-state index is -0.715. The maximum absolute atomic E-state index is 12.4. The molecule has 6 nitrogen and oxygen atoms in total. The first-order valence-corrected chi connectivity index (χ1v) is 7.67. The Bertz CT molecular complexity index is 875. The molecule has 2 N–H and O–H groups in total. The number of aliphatic hydroxyl groups is 1. The van der Waals surface area contributed by atoms with Crippen LogP contribution in [0.15, 0.2) is 59.7 Å². The van der Waals surface area contributed by atoms with Gasteiger partial charge in [-0.3, -0.25) is 9.36 Å². The first-order valence-electron chi connectivity index (χ1n) is 7.67. The maximum Gasteiger partial charge on any atom is 0.261 e. The van der Waals surface area contributed by atoms with Crippen LogP contribution in [-0.4, -0.2) is 34.4 Å². The topological polar surface area (TPSA) is 76.4 Å². The van der Waals surface area contributed by atoms with E-state index in [-0.39, 0.29) is 12.1 Å².